The Morgan fingerprint density at radius 2 is 1.80 bits per heavy atom. The summed E-state index contributed by atoms with van der Waals surface area (Å²) in [4.78, 5) is 27.1. The second-order valence-corrected chi connectivity index (χ2v) is 7.18. The first-order valence-corrected chi connectivity index (χ1v) is 9.42. The number of amides is 1. The number of aryl methyl sites for hydroxylation is 1. The van der Waals surface area contributed by atoms with Crippen molar-refractivity contribution >= 4 is 34.9 Å². The largest absolute Gasteiger partial charge is 0.507 e. The van der Waals surface area contributed by atoms with Crippen LogP contribution in [-0.4, -0.2) is 29.1 Å². The zero-order valence-electron chi connectivity index (χ0n) is 16.1. The van der Waals surface area contributed by atoms with E-state index < -0.39 is 17.7 Å². The predicted molar refractivity (Wildman–Crippen MR) is 110 cm³/mol. The summed E-state index contributed by atoms with van der Waals surface area (Å²) in [5.74, 6) is -0.652. The third-order valence-electron chi connectivity index (χ3n) is 4.86. The molecular weight excluding hydrogens is 408 g/mol. The number of Topliss-reactive ketones (excluding diaryl/α,β-unsaturated/α-hetero) is 1. The topological polar surface area (TPSA) is 92.9 Å². The standard InChI is InChI=1S/C22H17ClN2O5/c1-12-11-17(24-30-12)25-19(13-3-7-15(23)8-4-13)18(21(27)22(25)28)20(26)14-5-9-16(29-2)10-6-14/h3-11,19,26H,1-2H3/b20-18+/t19-/m0/s1. The zero-order valence-corrected chi connectivity index (χ0v) is 16.9. The molecule has 0 saturated carbocycles. The molecule has 0 bridgehead atoms. The number of anilines is 1. The van der Waals surface area contributed by atoms with E-state index in [1.54, 1.807) is 61.5 Å². The second kappa shape index (κ2) is 7.68. The number of carbonyl (C=O) groups excluding carboxylic acids is 2. The van der Waals surface area contributed by atoms with Crippen molar-refractivity contribution in [3.63, 3.8) is 0 Å². The van der Waals surface area contributed by atoms with Gasteiger partial charge in [-0.15, -0.1) is 0 Å². The van der Waals surface area contributed by atoms with Gasteiger partial charge in [-0.05, 0) is 48.9 Å². The van der Waals surface area contributed by atoms with E-state index in [1.165, 1.54) is 12.0 Å². The Morgan fingerprint density at radius 1 is 1.13 bits per heavy atom. The van der Waals surface area contributed by atoms with Gasteiger partial charge >= 0.3 is 5.91 Å². The van der Waals surface area contributed by atoms with Crippen LogP contribution in [0.15, 0.2) is 64.7 Å². The lowest BCUT2D eigenvalue weighted by atomic mass is 9.95. The summed E-state index contributed by atoms with van der Waals surface area (Å²) >= 11 is 6.01. The minimum Gasteiger partial charge on any atom is -0.507 e. The van der Waals surface area contributed by atoms with Gasteiger partial charge in [0.1, 0.15) is 17.3 Å². The molecular formula is C22H17ClN2O5. The van der Waals surface area contributed by atoms with Gasteiger partial charge < -0.3 is 14.4 Å². The van der Waals surface area contributed by atoms with E-state index in [9.17, 15) is 14.7 Å². The molecule has 152 valence electrons. The molecule has 1 aliphatic heterocycles. The smallest absolute Gasteiger partial charge is 0.301 e. The molecule has 2 heterocycles. The molecule has 0 unspecified atom stereocenters. The molecule has 0 spiro atoms. The van der Waals surface area contributed by atoms with Crippen molar-refractivity contribution in [2.45, 2.75) is 13.0 Å². The summed E-state index contributed by atoms with van der Waals surface area (Å²) in [6.07, 6.45) is 0. The molecule has 1 aliphatic rings. The molecule has 1 fully saturated rings. The fraction of sp³-hybridized carbons (Fsp3) is 0.136. The summed E-state index contributed by atoms with van der Waals surface area (Å²) in [5.41, 5.74) is 0.923. The molecule has 8 heteroatoms. The van der Waals surface area contributed by atoms with Crippen LogP contribution in [0.5, 0.6) is 5.75 Å². The third kappa shape index (κ3) is 3.33. The highest BCUT2D eigenvalue weighted by Gasteiger charge is 2.48. The SMILES string of the molecule is COc1ccc(/C(O)=C2\C(=O)C(=O)N(c3cc(C)on3)[C@H]2c2ccc(Cl)cc2)cc1. The second-order valence-electron chi connectivity index (χ2n) is 6.74. The Labute approximate surface area is 177 Å². The lowest BCUT2D eigenvalue weighted by Crippen LogP contribution is -2.29. The van der Waals surface area contributed by atoms with Crippen molar-refractivity contribution < 1.29 is 24.0 Å². The monoisotopic (exact) mass is 424 g/mol. The summed E-state index contributed by atoms with van der Waals surface area (Å²) < 4.78 is 10.2. The summed E-state index contributed by atoms with van der Waals surface area (Å²) in [7, 11) is 1.53. The molecule has 1 amide bonds. The molecule has 30 heavy (non-hydrogen) atoms. The highest BCUT2D eigenvalue weighted by atomic mass is 35.5. The van der Waals surface area contributed by atoms with Gasteiger partial charge in [-0.3, -0.25) is 14.5 Å². The van der Waals surface area contributed by atoms with E-state index in [0.29, 0.717) is 27.7 Å². The lowest BCUT2D eigenvalue weighted by Gasteiger charge is -2.22. The Balaban J connectivity index is 1.91. The molecule has 2 aromatic carbocycles. The van der Waals surface area contributed by atoms with Crippen LogP contribution in [0.3, 0.4) is 0 Å². The molecule has 1 aromatic heterocycles. The predicted octanol–water partition coefficient (Wildman–Crippen LogP) is 4.27. The Kier molecular flexibility index (Phi) is 5.05. The van der Waals surface area contributed by atoms with Gasteiger partial charge in [0, 0.05) is 16.7 Å². The number of hydrogen-bond acceptors (Lipinski definition) is 6. The van der Waals surface area contributed by atoms with Gasteiger partial charge in [0.25, 0.3) is 5.78 Å². The van der Waals surface area contributed by atoms with Crippen LogP contribution in [0.1, 0.15) is 22.9 Å². The number of halogens is 1. The number of rotatable bonds is 4. The molecule has 3 aromatic rings. The summed E-state index contributed by atoms with van der Waals surface area (Å²) in [6, 6.07) is 13.9. The first-order valence-electron chi connectivity index (χ1n) is 9.05. The number of methoxy groups -OCH3 is 1. The van der Waals surface area contributed by atoms with E-state index in [2.05, 4.69) is 5.16 Å². The van der Waals surface area contributed by atoms with E-state index in [0.717, 1.165) is 0 Å². The number of ketones is 1. The van der Waals surface area contributed by atoms with Crippen molar-refractivity contribution in [3.8, 4) is 5.75 Å². The summed E-state index contributed by atoms with van der Waals surface area (Å²) in [6.45, 7) is 1.68. The summed E-state index contributed by atoms with van der Waals surface area (Å²) in [5, 5.41) is 15.4. The van der Waals surface area contributed by atoms with E-state index in [1.807, 2.05) is 0 Å². The van der Waals surface area contributed by atoms with Gasteiger partial charge in [0.15, 0.2) is 5.82 Å². The van der Waals surface area contributed by atoms with Crippen LogP contribution in [0.4, 0.5) is 5.82 Å². The minimum absolute atomic E-state index is 0.0480. The average molecular weight is 425 g/mol. The van der Waals surface area contributed by atoms with E-state index >= 15 is 0 Å². The number of carbonyl (C=O) groups is 2. The fourth-order valence-corrected chi connectivity index (χ4v) is 3.53. The fourth-order valence-electron chi connectivity index (χ4n) is 3.40. The van der Waals surface area contributed by atoms with E-state index in [4.69, 9.17) is 20.9 Å². The molecule has 1 saturated heterocycles. The number of benzene rings is 2. The molecule has 7 nitrogen and oxygen atoms in total. The zero-order chi connectivity index (χ0) is 21.4. The molecule has 1 N–H and O–H groups in total. The van der Waals surface area contributed by atoms with E-state index in [-0.39, 0.29) is 17.2 Å². The maximum absolute atomic E-state index is 13.0. The van der Waals surface area contributed by atoms with Crippen LogP contribution >= 0.6 is 11.6 Å². The highest BCUT2D eigenvalue weighted by Crippen LogP contribution is 2.42. The number of nitrogens with zero attached hydrogens (tertiary/aromatic N) is 2. The van der Waals surface area contributed by atoms with Crippen LogP contribution < -0.4 is 9.64 Å². The van der Waals surface area contributed by atoms with Crippen molar-refractivity contribution in [2.24, 2.45) is 0 Å². The highest BCUT2D eigenvalue weighted by molar-refractivity contribution is 6.51. The average Bonchev–Trinajstić information content (AvgIpc) is 3.29. The molecule has 0 radical (unpaired) electrons. The number of aromatic nitrogens is 1. The van der Waals surface area contributed by atoms with Gasteiger partial charge in [-0.2, -0.15) is 0 Å². The van der Waals surface area contributed by atoms with Crippen LogP contribution in [0, 0.1) is 6.92 Å². The Hall–Kier alpha value is -3.58. The molecule has 4 rings (SSSR count). The number of aliphatic hydroxyl groups is 1. The van der Waals surface area contributed by atoms with Gasteiger partial charge in [-0.25, -0.2) is 0 Å². The number of ether oxygens (including phenoxy) is 1. The first kappa shape index (κ1) is 19.7. The van der Waals surface area contributed by atoms with Crippen molar-refractivity contribution in [2.75, 3.05) is 12.0 Å². The maximum atomic E-state index is 13.0. The third-order valence-corrected chi connectivity index (χ3v) is 5.11. The van der Waals surface area contributed by atoms with Gasteiger partial charge in [0.2, 0.25) is 0 Å². The minimum atomic E-state index is -0.895. The van der Waals surface area contributed by atoms with Crippen molar-refractivity contribution in [3.05, 3.63) is 82.1 Å². The van der Waals surface area contributed by atoms with Crippen molar-refractivity contribution in [1.29, 1.82) is 0 Å². The quantitative estimate of drug-likeness (QED) is 0.382. The van der Waals surface area contributed by atoms with Gasteiger partial charge in [0.05, 0.1) is 18.7 Å². The van der Waals surface area contributed by atoms with Crippen LogP contribution in [0.25, 0.3) is 5.76 Å². The van der Waals surface area contributed by atoms with Gasteiger partial charge in [-0.1, -0.05) is 28.9 Å². The number of hydrogen-bond donors (Lipinski definition) is 1. The normalized spacial score (nSPS) is 18.1. The van der Waals surface area contributed by atoms with Crippen molar-refractivity contribution in [1.82, 2.24) is 5.16 Å². The first-order chi connectivity index (χ1) is 14.4. The van der Waals surface area contributed by atoms with Crippen LogP contribution in [-0.2, 0) is 9.59 Å². The number of aliphatic hydroxyl groups excluding tert-OH is 1. The lowest BCUT2D eigenvalue weighted by molar-refractivity contribution is -0.132. The van der Waals surface area contributed by atoms with Crippen LogP contribution in [0.2, 0.25) is 5.02 Å². The maximum Gasteiger partial charge on any atom is 0.301 e. The Morgan fingerprint density at radius 3 is 2.37 bits per heavy atom. The Bertz CT molecular complexity index is 1150. The molecule has 1 atom stereocenters. The molecule has 0 aliphatic carbocycles.